The quantitative estimate of drug-likeness (QED) is 0.914. The molecule has 4 nitrogen and oxygen atoms in total. The molecule has 1 aromatic heterocycles. The van der Waals surface area contributed by atoms with Crippen LogP contribution in [-0.2, 0) is 6.54 Å². The second kappa shape index (κ2) is 6.45. The van der Waals surface area contributed by atoms with E-state index in [0.717, 1.165) is 12.1 Å². The lowest BCUT2D eigenvalue weighted by atomic mass is 10.3. The maximum Gasteiger partial charge on any atom is 0.321 e. The van der Waals surface area contributed by atoms with Crippen LogP contribution >= 0.6 is 11.6 Å². The van der Waals surface area contributed by atoms with Crippen molar-refractivity contribution in [2.45, 2.75) is 13.5 Å². The molecule has 0 radical (unpaired) electrons. The largest absolute Gasteiger partial charge is 0.421 e. The summed E-state index contributed by atoms with van der Waals surface area (Å²) < 4.78 is 18.9. The van der Waals surface area contributed by atoms with Gasteiger partial charge in [0.15, 0.2) is 11.6 Å². The summed E-state index contributed by atoms with van der Waals surface area (Å²) in [4.78, 5) is 8.03. The van der Waals surface area contributed by atoms with E-state index in [2.05, 4.69) is 15.3 Å². The number of benzene rings is 1. The number of hydrogen-bond acceptors (Lipinski definition) is 4. The van der Waals surface area contributed by atoms with Crippen molar-refractivity contribution in [3.8, 4) is 11.8 Å². The van der Waals surface area contributed by atoms with Crippen molar-refractivity contribution < 1.29 is 9.13 Å². The predicted molar refractivity (Wildman–Crippen MR) is 70.9 cm³/mol. The lowest BCUT2D eigenvalue weighted by molar-refractivity contribution is 0.410. The number of halogens is 2. The van der Waals surface area contributed by atoms with Crippen molar-refractivity contribution in [3.63, 3.8) is 0 Å². The minimum Gasteiger partial charge on any atom is -0.421 e. The van der Waals surface area contributed by atoms with E-state index >= 15 is 0 Å². The van der Waals surface area contributed by atoms with Crippen LogP contribution in [0.4, 0.5) is 4.39 Å². The molecule has 0 fully saturated rings. The topological polar surface area (TPSA) is 47.0 Å². The Morgan fingerprint density at radius 3 is 2.74 bits per heavy atom. The fourth-order valence-electron chi connectivity index (χ4n) is 1.42. The summed E-state index contributed by atoms with van der Waals surface area (Å²) in [5.74, 6) is -0.614. The second-order valence-corrected chi connectivity index (χ2v) is 4.22. The summed E-state index contributed by atoms with van der Waals surface area (Å²) in [5, 5.41) is 3.15. The molecule has 0 saturated heterocycles. The summed E-state index contributed by atoms with van der Waals surface area (Å²) in [7, 11) is 0. The van der Waals surface area contributed by atoms with E-state index in [-0.39, 0.29) is 16.8 Å². The third-order valence-electron chi connectivity index (χ3n) is 2.38. The molecule has 0 atom stereocenters. The fourth-order valence-corrected chi connectivity index (χ4v) is 1.58. The number of rotatable bonds is 5. The molecular weight excluding hydrogens is 269 g/mol. The van der Waals surface area contributed by atoms with Crippen LogP contribution < -0.4 is 10.1 Å². The van der Waals surface area contributed by atoms with Crippen LogP contribution in [0.5, 0.6) is 11.8 Å². The van der Waals surface area contributed by atoms with Crippen molar-refractivity contribution in [3.05, 3.63) is 47.0 Å². The van der Waals surface area contributed by atoms with Gasteiger partial charge in [-0.1, -0.05) is 24.6 Å². The van der Waals surface area contributed by atoms with Crippen LogP contribution in [0.25, 0.3) is 0 Å². The van der Waals surface area contributed by atoms with Crippen LogP contribution in [0, 0.1) is 5.82 Å². The third-order valence-corrected chi connectivity index (χ3v) is 2.67. The summed E-state index contributed by atoms with van der Waals surface area (Å²) >= 11 is 5.66. The average Bonchev–Trinajstić information content (AvgIpc) is 2.43. The Bertz CT molecular complexity index is 548. The van der Waals surface area contributed by atoms with Gasteiger partial charge in [-0.2, -0.15) is 0 Å². The van der Waals surface area contributed by atoms with Crippen LogP contribution in [0.1, 0.15) is 12.5 Å². The van der Waals surface area contributed by atoms with Gasteiger partial charge in [0.2, 0.25) is 0 Å². The Hall–Kier alpha value is -1.72. The first-order valence-corrected chi connectivity index (χ1v) is 6.22. The van der Waals surface area contributed by atoms with Crippen molar-refractivity contribution in [2.24, 2.45) is 0 Å². The highest BCUT2D eigenvalue weighted by Gasteiger charge is 2.09. The average molecular weight is 282 g/mol. The Kier molecular flexibility index (Phi) is 4.65. The molecule has 1 N–H and O–H groups in total. The van der Waals surface area contributed by atoms with E-state index in [0.29, 0.717) is 6.54 Å². The lowest BCUT2D eigenvalue weighted by Crippen LogP contribution is -2.12. The Morgan fingerprint density at radius 2 is 2.05 bits per heavy atom. The zero-order chi connectivity index (χ0) is 13.7. The first kappa shape index (κ1) is 13.7. The van der Waals surface area contributed by atoms with Gasteiger partial charge in [0.05, 0.1) is 5.02 Å². The molecule has 0 bridgehead atoms. The van der Waals surface area contributed by atoms with Gasteiger partial charge in [0.25, 0.3) is 0 Å². The summed E-state index contributed by atoms with van der Waals surface area (Å²) in [5.41, 5.74) is 0.931. The molecule has 0 aliphatic carbocycles. The van der Waals surface area contributed by atoms with Crippen molar-refractivity contribution in [1.29, 1.82) is 0 Å². The van der Waals surface area contributed by atoms with Crippen LogP contribution in [0.2, 0.25) is 5.02 Å². The molecule has 100 valence electrons. The zero-order valence-corrected chi connectivity index (χ0v) is 11.1. The van der Waals surface area contributed by atoms with E-state index in [1.807, 2.05) is 6.92 Å². The van der Waals surface area contributed by atoms with Gasteiger partial charge in [0.1, 0.15) is 0 Å². The first-order chi connectivity index (χ1) is 9.20. The molecule has 0 spiro atoms. The van der Waals surface area contributed by atoms with Crippen LogP contribution in [0.3, 0.4) is 0 Å². The van der Waals surface area contributed by atoms with E-state index in [1.54, 1.807) is 18.5 Å². The van der Waals surface area contributed by atoms with Gasteiger partial charge in [-0.15, -0.1) is 0 Å². The maximum atomic E-state index is 13.6. The summed E-state index contributed by atoms with van der Waals surface area (Å²) in [6.45, 7) is 3.56. The predicted octanol–water partition coefficient (Wildman–Crippen LogP) is 3.17. The van der Waals surface area contributed by atoms with Crippen LogP contribution in [-0.4, -0.2) is 16.5 Å². The molecule has 0 aliphatic heterocycles. The van der Waals surface area contributed by atoms with Gasteiger partial charge in [-0.05, 0) is 18.7 Å². The SMILES string of the molecule is CCNCc1cnc(Oc2cccc(Cl)c2F)nc1. The number of nitrogens with one attached hydrogen (secondary N) is 1. The molecule has 0 saturated carbocycles. The highest BCUT2D eigenvalue weighted by molar-refractivity contribution is 6.30. The lowest BCUT2D eigenvalue weighted by Gasteiger charge is -2.06. The second-order valence-electron chi connectivity index (χ2n) is 3.81. The maximum absolute atomic E-state index is 13.6. The molecule has 0 aliphatic rings. The highest BCUT2D eigenvalue weighted by Crippen LogP contribution is 2.26. The normalized spacial score (nSPS) is 10.5. The molecule has 6 heteroatoms. The van der Waals surface area contributed by atoms with Crippen molar-refractivity contribution in [1.82, 2.24) is 15.3 Å². The van der Waals surface area contributed by atoms with Gasteiger partial charge in [0, 0.05) is 24.5 Å². The molecule has 0 amide bonds. The van der Waals surface area contributed by atoms with E-state index in [9.17, 15) is 4.39 Å². The molecule has 19 heavy (non-hydrogen) atoms. The van der Waals surface area contributed by atoms with E-state index in [1.165, 1.54) is 12.1 Å². The minimum absolute atomic E-state index is 0.00117. The molecular formula is C13H13ClFN3O. The molecule has 2 aromatic rings. The Labute approximate surface area is 115 Å². The Morgan fingerprint density at radius 1 is 1.32 bits per heavy atom. The molecule has 2 rings (SSSR count). The van der Waals surface area contributed by atoms with Gasteiger partial charge >= 0.3 is 6.01 Å². The number of hydrogen-bond donors (Lipinski definition) is 1. The molecule has 1 aromatic carbocycles. The highest BCUT2D eigenvalue weighted by atomic mass is 35.5. The molecule has 1 heterocycles. The van der Waals surface area contributed by atoms with Crippen LogP contribution in [0.15, 0.2) is 30.6 Å². The van der Waals surface area contributed by atoms with E-state index < -0.39 is 5.82 Å². The summed E-state index contributed by atoms with van der Waals surface area (Å²) in [6, 6.07) is 4.60. The number of ether oxygens (including phenoxy) is 1. The minimum atomic E-state index is -0.621. The van der Waals surface area contributed by atoms with Crippen molar-refractivity contribution in [2.75, 3.05) is 6.54 Å². The third kappa shape index (κ3) is 3.62. The zero-order valence-electron chi connectivity index (χ0n) is 10.4. The number of nitrogens with zero attached hydrogens (tertiary/aromatic N) is 2. The smallest absolute Gasteiger partial charge is 0.321 e. The monoisotopic (exact) mass is 281 g/mol. The van der Waals surface area contributed by atoms with E-state index in [4.69, 9.17) is 16.3 Å². The summed E-state index contributed by atoms with van der Waals surface area (Å²) in [6.07, 6.45) is 3.26. The van der Waals surface area contributed by atoms with Gasteiger partial charge < -0.3 is 10.1 Å². The van der Waals surface area contributed by atoms with Gasteiger partial charge in [-0.3, -0.25) is 0 Å². The van der Waals surface area contributed by atoms with Crippen molar-refractivity contribution >= 4 is 11.6 Å². The standard InChI is InChI=1S/C13H13ClFN3O/c1-2-16-6-9-7-17-13(18-8-9)19-11-5-3-4-10(14)12(11)15/h3-5,7-8,16H,2,6H2,1H3. The first-order valence-electron chi connectivity index (χ1n) is 5.84. The van der Waals surface area contributed by atoms with Gasteiger partial charge in [-0.25, -0.2) is 14.4 Å². The number of aromatic nitrogens is 2. The Balaban J connectivity index is 2.09. The fraction of sp³-hybridized carbons (Fsp3) is 0.231. The molecule has 0 unspecified atom stereocenters.